The molecule has 2 N–H and O–H groups in total. The maximum Gasteiger partial charge on any atom is 0.410 e. The van der Waals surface area contributed by atoms with Crippen molar-refractivity contribution in [2.45, 2.75) is 110 Å². The summed E-state index contributed by atoms with van der Waals surface area (Å²) in [6.45, 7) is 12.7. The minimum Gasteiger partial charge on any atom is -0.476 e. The van der Waals surface area contributed by atoms with Gasteiger partial charge in [-0.1, -0.05) is 24.3 Å². The number of benzene rings is 3. The van der Waals surface area contributed by atoms with Crippen LogP contribution in [0.25, 0.3) is 32.8 Å². The zero-order valence-electron chi connectivity index (χ0n) is 34.8. The molecule has 3 aromatic carbocycles. The maximum absolute atomic E-state index is 18.0. The molecule has 2 bridgehead atoms. The molecule has 308 valence electrons. The molecule has 8 rings (SSSR count). The molecule has 0 radical (unpaired) electrons. The van der Waals surface area contributed by atoms with E-state index in [9.17, 15) is 20.0 Å². The number of rotatable bonds is 12. The lowest BCUT2D eigenvalue weighted by Crippen LogP contribution is -2.50. The van der Waals surface area contributed by atoms with E-state index < -0.39 is 22.8 Å². The highest BCUT2D eigenvalue weighted by Gasteiger charge is 2.55. The lowest BCUT2D eigenvalue weighted by Gasteiger charge is -2.38. The molecule has 4 heterocycles. The van der Waals surface area contributed by atoms with Gasteiger partial charge in [-0.05, 0) is 134 Å². The molecule has 3 aliphatic heterocycles. The Bertz CT molecular complexity index is 2260. The number of carbonyl (C=O) groups is 2. The largest absolute Gasteiger partial charge is 0.476 e. The van der Waals surface area contributed by atoms with Crippen LogP contribution in [0.3, 0.4) is 0 Å². The first-order valence-electron chi connectivity index (χ1n) is 20.6. The molecular formula is C46H56FN5O6. The van der Waals surface area contributed by atoms with Gasteiger partial charge in [0.05, 0.1) is 29.3 Å². The predicted molar refractivity (Wildman–Crippen MR) is 222 cm³/mol. The summed E-state index contributed by atoms with van der Waals surface area (Å²) in [7, 11) is 2.07. The number of aliphatic hydroxyl groups is 1. The number of likely N-dealkylation sites (tertiary alicyclic amines) is 1. The van der Waals surface area contributed by atoms with E-state index in [1.54, 1.807) is 37.8 Å². The highest BCUT2D eigenvalue weighted by atomic mass is 19.1. The summed E-state index contributed by atoms with van der Waals surface area (Å²) in [5, 5.41) is 25.7. The molecule has 1 aromatic heterocycles. The molecule has 0 spiro atoms. The number of nitrogens with one attached hydrogen (secondary N) is 1. The van der Waals surface area contributed by atoms with Gasteiger partial charge >= 0.3 is 12.1 Å². The number of hydrogen-bond acceptors (Lipinski definition) is 10. The Hall–Kier alpha value is -4.99. The van der Waals surface area contributed by atoms with Crippen molar-refractivity contribution in [1.82, 2.24) is 14.8 Å². The molecule has 12 heteroatoms. The van der Waals surface area contributed by atoms with Crippen molar-refractivity contribution < 1.29 is 33.3 Å². The number of ether oxygens (including phenoxy) is 3. The third-order valence-corrected chi connectivity index (χ3v) is 11.7. The molecule has 1 amide bonds. The molecular weight excluding hydrogens is 738 g/mol. The van der Waals surface area contributed by atoms with E-state index >= 15 is 4.39 Å². The van der Waals surface area contributed by atoms with Gasteiger partial charge in [-0.25, -0.2) is 14.2 Å². The number of anilines is 1. The summed E-state index contributed by atoms with van der Waals surface area (Å²) in [6, 6.07) is 15.1. The van der Waals surface area contributed by atoms with Crippen LogP contribution in [0.4, 0.5) is 14.9 Å². The van der Waals surface area contributed by atoms with Crippen LogP contribution in [-0.4, -0.2) is 89.0 Å². The zero-order chi connectivity index (χ0) is 41.5. The van der Waals surface area contributed by atoms with Gasteiger partial charge in [-0.3, -0.25) is 4.79 Å². The summed E-state index contributed by atoms with van der Waals surface area (Å²) >= 11 is 0. The van der Waals surface area contributed by atoms with E-state index in [0.29, 0.717) is 54.1 Å². The second kappa shape index (κ2) is 16.3. The number of pyridine rings is 1. The van der Waals surface area contributed by atoms with Gasteiger partial charge in [0.1, 0.15) is 23.5 Å². The van der Waals surface area contributed by atoms with E-state index in [2.05, 4.69) is 23.3 Å². The highest BCUT2D eigenvalue weighted by molar-refractivity contribution is 6.04. The Labute approximate surface area is 340 Å². The third-order valence-electron chi connectivity index (χ3n) is 11.7. The van der Waals surface area contributed by atoms with Crippen LogP contribution in [0.2, 0.25) is 0 Å². The molecule has 4 aliphatic rings. The number of carbonyl (C=O) groups excluding carboxylic acids is 2. The number of amides is 1. The third kappa shape index (κ3) is 8.30. The van der Waals surface area contributed by atoms with Crippen LogP contribution < -0.4 is 14.8 Å². The second-order valence-electron chi connectivity index (χ2n) is 18.2. The molecule has 11 nitrogen and oxygen atoms in total. The first-order valence-corrected chi connectivity index (χ1v) is 20.6. The fourth-order valence-electron chi connectivity index (χ4n) is 8.59. The molecule has 2 unspecified atom stereocenters. The number of aryl methyl sites for hydroxylation is 1. The van der Waals surface area contributed by atoms with Crippen LogP contribution in [0.1, 0.15) is 84.8 Å². The quantitative estimate of drug-likeness (QED) is 0.106. The zero-order valence-corrected chi connectivity index (χ0v) is 34.8. The van der Waals surface area contributed by atoms with E-state index in [1.807, 2.05) is 51.1 Å². The molecule has 4 aromatic rings. The summed E-state index contributed by atoms with van der Waals surface area (Å²) in [5.74, 6) is -0.271. The van der Waals surface area contributed by atoms with Crippen molar-refractivity contribution in [2.24, 2.45) is 11.3 Å². The van der Waals surface area contributed by atoms with Crippen molar-refractivity contribution in [3.05, 3.63) is 59.4 Å². The summed E-state index contributed by atoms with van der Waals surface area (Å²) in [6.07, 6.45) is 3.71. The molecule has 1 saturated carbocycles. The van der Waals surface area contributed by atoms with Gasteiger partial charge in [-0.2, -0.15) is 5.26 Å². The smallest absolute Gasteiger partial charge is 0.410 e. The minimum atomic E-state index is -0.771. The van der Waals surface area contributed by atoms with E-state index in [-0.39, 0.29) is 66.4 Å². The first kappa shape index (κ1) is 41.2. The Morgan fingerprint density at radius 1 is 1.09 bits per heavy atom. The maximum atomic E-state index is 18.0. The van der Waals surface area contributed by atoms with Crippen LogP contribution in [0, 0.1) is 28.5 Å². The van der Waals surface area contributed by atoms with E-state index in [1.165, 1.54) is 0 Å². The number of nitrogens with zero attached hydrogens (tertiary/aromatic N) is 4. The van der Waals surface area contributed by atoms with Crippen LogP contribution >= 0.6 is 0 Å². The molecule has 1 aliphatic carbocycles. The summed E-state index contributed by atoms with van der Waals surface area (Å²) in [4.78, 5) is 35.4. The van der Waals surface area contributed by atoms with Gasteiger partial charge in [0.2, 0.25) is 5.88 Å². The van der Waals surface area contributed by atoms with Crippen LogP contribution in [0.15, 0.2) is 42.5 Å². The standard InChI is InChI=1S/C46H56FN5O6/c1-45(2,3)43(54)57-31-21-27-13-8-9-16-32(27)34(24-31)37-28(14-10-18-48)22-35-40(49-39-29-23-36(39)52(25-29)44(55)58-46(4,5)6)33(17-12-20-53)42(50-41(35)38(37)47)56-26-30-15-11-19-51(30)7/h8-9,13,16,21-22,24,29-30,36,39,53H,10-12,14-15,17,19-20,23,25-26H2,1-7H3,(H,49,50)/t29?,30-,36?,39-/m0/s1. The lowest BCUT2D eigenvalue weighted by atomic mass is 9.79. The number of aromatic nitrogens is 1. The number of likely N-dealkylation sites (N-methyl/N-ethyl adjacent to an activating group) is 1. The normalized spacial score (nSPS) is 20.6. The van der Waals surface area contributed by atoms with Crippen molar-refractivity contribution in [1.29, 1.82) is 5.26 Å². The van der Waals surface area contributed by atoms with Crippen molar-refractivity contribution in [3.63, 3.8) is 0 Å². The number of nitriles is 1. The summed E-state index contributed by atoms with van der Waals surface area (Å²) in [5.41, 5.74) is 1.46. The van der Waals surface area contributed by atoms with E-state index in [4.69, 9.17) is 19.2 Å². The van der Waals surface area contributed by atoms with Gasteiger partial charge in [0.15, 0.2) is 5.82 Å². The predicted octanol–water partition coefficient (Wildman–Crippen LogP) is 8.42. The number of hydrogen-bond donors (Lipinski definition) is 2. The van der Waals surface area contributed by atoms with Gasteiger partial charge in [0, 0.05) is 48.0 Å². The fraction of sp³-hybridized carbons (Fsp3) is 0.522. The van der Waals surface area contributed by atoms with E-state index in [0.717, 1.165) is 42.1 Å². The number of halogens is 1. The van der Waals surface area contributed by atoms with Crippen LogP contribution in [-0.2, 0) is 22.4 Å². The average molecular weight is 794 g/mol. The summed E-state index contributed by atoms with van der Waals surface area (Å²) < 4.78 is 36.2. The van der Waals surface area contributed by atoms with Gasteiger partial charge in [-0.15, -0.1) is 0 Å². The molecule has 58 heavy (non-hydrogen) atoms. The van der Waals surface area contributed by atoms with Gasteiger partial charge in [0.25, 0.3) is 0 Å². The Morgan fingerprint density at radius 2 is 1.86 bits per heavy atom. The number of aliphatic hydroxyl groups excluding tert-OH is 1. The van der Waals surface area contributed by atoms with Crippen molar-refractivity contribution in [2.75, 3.05) is 38.7 Å². The SMILES string of the molecule is CN1CCC[C@H]1COc1nc2c(F)c(-c3cc(OC(=O)C(C)(C)C)cc4ccccc34)c(CCC#N)cc2c(N[C@H]2C3CC2N(C(=O)OC(C)(C)C)C3)c1CCCO. The Morgan fingerprint density at radius 3 is 2.55 bits per heavy atom. The molecule has 3 saturated heterocycles. The monoisotopic (exact) mass is 793 g/mol. The first-order chi connectivity index (χ1) is 27.6. The highest BCUT2D eigenvalue weighted by Crippen LogP contribution is 2.48. The fourth-order valence-corrected chi connectivity index (χ4v) is 8.59. The Balaban J connectivity index is 1.42. The van der Waals surface area contributed by atoms with Crippen molar-refractivity contribution in [3.8, 4) is 28.8 Å². The van der Waals surface area contributed by atoms with Gasteiger partial charge < -0.3 is 34.4 Å². The van der Waals surface area contributed by atoms with Crippen LogP contribution in [0.5, 0.6) is 11.6 Å². The van der Waals surface area contributed by atoms with Crippen molar-refractivity contribution >= 4 is 39.4 Å². The Kier molecular flexibility index (Phi) is 11.6. The number of esters is 1. The number of fused-ring (bicyclic) bond motifs is 3. The topological polar surface area (TPSA) is 137 Å². The molecule has 4 atom stereocenters. The lowest BCUT2D eigenvalue weighted by molar-refractivity contribution is -0.142. The average Bonchev–Trinajstić information content (AvgIpc) is 3.89. The molecule has 4 fully saturated rings. The second-order valence-corrected chi connectivity index (χ2v) is 18.2. The minimum absolute atomic E-state index is 0.0622.